The molecule has 0 atom stereocenters. The molecular formula is C16H24N4O2. The molecule has 0 radical (unpaired) electrons. The molecule has 0 spiro atoms. The summed E-state index contributed by atoms with van der Waals surface area (Å²) in [5, 5.41) is 8.37. The highest BCUT2D eigenvalue weighted by atomic mass is 16.5. The van der Waals surface area contributed by atoms with Crippen LogP contribution in [0.25, 0.3) is 0 Å². The van der Waals surface area contributed by atoms with Gasteiger partial charge in [0.2, 0.25) is 0 Å². The Bertz CT molecular complexity index is 623. The smallest absolute Gasteiger partial charge is 0.160 e. The maximum absolute atomic E-state index is 5.76. The van der Waals surface area contributed by atoms with Crippen LogP contribution in [-0.4, -0.2) is 29.2 Å². The first kappa shape index (κ1) is 16.3. The number of nitrogens with two attached hydrogens (primary N) is 1. The first-order valence-corrected chi connectivity index (χ1v) is 7.44. The summed E-state index contributed by atoms with van der Waals surface area (Å²) in [7, 11) is 3.28. The lowest BCUT2D eigenvalue weighted by Crippen LogP contribution is -2.11. The van der Waals surface area contributed by atoms with Crippen LogP contribution >= 0.6 is 0 Å². The molecule has 0 aliphatic rings. The Morgan fingerprint density at radius 1 is 1.14 bits per heavy atom. The monoisotopic (exact) mass is 304 g/mol. The minimum absolute atomic E-state index is 0.271. The highest BCUT2D eigenvalue weighted by Gasteiger charge is 2.14. The molecule has 0 amide bonds. The molecule has 1 heterocycles. The Hall–Kier alpha value is -2.08. The molecule has 2 aromatic rings. The molecule has 0 fully saturated rings. The fraction of sp³-hybridized carbons (Fsp3) is 0.500. The zero-order valence-corrected chi connectivity index (χ0v) is 13.7. The Kier molecular flexibility index (Phi) is 5.38. The molecular weight excluding hydrogens is 280 g/mol. The topological polar surface area (TPSA) is 75.2 Å². The van der Waals surface area contributed by atoms with Gasteiger partial charge in [-0.3, -0.25) is 0 Å². The van der Waals surface area contributed by atoms with Crippen LogP contribution in [0.1, 0.15) is 36.8 Å². The van der Waals surface area contributed by atoms with Gasteiger partial charge in [0.15, 0.2) is 11.5 Å². The highest BCUT2D eigenvalue weighted by molar-refractivity contribution is 5.43. The Morgan fingerprint density at radius 3 is 2.45 bits per heavy atom. The zero-order valence-electron chi connectivity index (χ0n) is 13.7. The van der Waals surface area contributed by atoms with Crippen molar-refractivity contribution in [3.8, 4) is 11.5 Å². The maximum atomic E-state index is 5.76. The predicted molar refractivity (Wildman–Crippen MR) is 85.3 cm³/mol. The van der Waals surface area contributed by atoms with Gasteiger partial charge in [0.25, 0.3) is 0 Å². The lowest BCUT2D eigenvalue weighted by molar-refractivity contribution is 0.354. The molecule has 2 rings (SSSR count). The van der Waals surface area contributed by atoms with Crippen molar-refractivity contribution < 1.29 is 9.47 Å². The van der Waals surface area contributed by atoms with Crippen LogP contribution in [0.3, 0.4) is 0 Å². The highest BCUT2D eigenvalue weighted by Crippen LogP contribution is 2.28. The lowest BCUT2D eigenvalue weighted by atomic mass is 10.1. The second kappa shape index (κ2) is 7.26. The molecule has 0 saturated heterocycles. The summed E-state index contributed by atoms with van der Waals surface area (Å²) < 4.78 is 12.6. The first-order valence-electron chi connectivity index (χ1n) is 7.44. The molecule has 1 aromatic carbocycles. The SMILES string of the molecule is COc1ccc(CCc2c(CN)nnn2C(C)C)cc1OC. The normalized spacial score (nSPS) is 11.0. The molecule has 120 valence electrons. The molecule has 0 aliphatic heterocycles. The van der Waals surface area contributed by atoms with E-state index in [9.17, 15) is 0 Å². The third-order valence-corrected chi connectivity index (χ3v) is 3.65. The van der Waals surface area contributed by atoms with E-state index in [0.29, 0.717) is 6.54 Å². The van der Waals surface area contributed by atoms with E-state index >= 15 is 0 Å². The Balaban J connectivity index is 2.18. The van der Waals surface area contributed by atoms with Crippen LogP contribution in [0.2, 0.25) is 0 Å². The first-order chi connectivity index (χ1) is 10.6. The van der Waals surface area contributed by atoms with Crippen molar-refractivity contribution in [3.05, 3.63) is 35.2 Å². The van der Waals surface area contributed by atoms with Crippen LogP contribution in [-0.2, 0) is 19.4 Å². The van der Waals surface area contributed by atoms with Gasteiger partial charge in [0.1, 0.15) is 0 Å². The van der Waals surface area contributed by atoms with Crippen molar-refractivity contribution in [2.75, 3.05) is 14.2 Å². The van der Waals surface area contributed by atoms with E-state index in [2.05, 4.69) is 24.2 Å². The van der Waals surface area contributed by atoms with Crippen molar-refractivity contribution in [1.29, 1.82) is 0 Å². The van der Waals surface area contributed by atoms with Crippen molar-refractivity contribution in [2.24, 2.45) is 5.73 Å². The molecule has 22 heavy (non-hydrogen) atoms. The average Bonchev–Trinajstić information content (AvgIpc) is 2.95. The molecule has 0 saturated carbocycles. The van der Waals surface area contributed by atoms with Crippen molar-refractivity contribution >= 4 is 0 Å². The number of aromatic nitrogens is 3. The lowest BCUT2D eigenvalue weighted by Gasteiger charge is -2.12. The van der Waals surface area contributed by atoms with Crippen LogP contribution in [0.15, 0.2) is 18.2 Å². The maximum Gasteiger partial charge on any atom is 0.160 e. The predicted octanol–water partition coefficient (Wildman–Crippen LogP) is 2.12. The van der Waals surface area contributed by atoms with Gasteiger partial charge in [0.05, 0.1) is 25.6 Å². The zero-order chi connectivity index (χ0) is 16.1. The van der Waals surface area contributed by atoms with Crippen molar-refractivity contribution in [1.82, 2.24) is 15.0 Å². The Labute approximate surface area is 131 Å². The van der Waals surface area contributed by atoms with Crippen LogP contribution < -0.4 is 15.2 Å². The third kappa shape index (κ3) is 3.39. The number of aryl methyl sites for hydroxylation is 1. The molecule has 6 heteroatoms. The van der Waals surface area contributed by atoms with Gasteiger partial charge >= 0.3 is 0 Å². The quantitative estimate of drug-likeness (QED) is 0.848. The van der Waals surface area contributed by atoms with Crippen LogP contribution in [0.4, 0.5) is 0 Å². The fourth-order valence-corrected chi connectivity index (χ4v) is 2.48. The fourth-order valence-electron chi connectivity index (χ4n) is 2.48. The van der Waals surface area contributed by atoms with E-state index in [4.69, 9.17) is 15.2 Å². The van der Waals surface area contributed by atoms with E-state index in [1.54, 1.807) is 14.2 Å². The van der Waals surface area contributed by atoms with Gasteiger partial charge < -0.3 is 15.2 Å². The summed E-state index contributed by atoms with van der Waals surface area (Å²) in [5.74, 6) is 1.48. The summed E-state index contributed by atoms with van der Waals surface area (Å²) in [6.45, 7) is 4.60. The van der Waals surface area contributed by atoms with Gasteiger partial charge in [-0.05, 0) is 44.4 Å². The molecule has 1 aromatic heterocycles. The molecule has 0 aliphatic carbocycles. The van der Waals surface area contributed by atoms with E-state index in [1.165, 1.54) is 5.56 Å². The summed E-state index contributed by atoms with van der Waals surface area (Å²) in [4.78, 5) is 0. The van der Waals surface area contributed by atoms with E-state index in [0.717, 1.165) is 35.7 Å². The standard InChI is InChI=1S/C16H24N4O2/c1-11(2)20-14(13(10-17)18-19-20)7-5-12-6-8-15(21-3)16(9-12)22-4/h6,8-9,11H,5,7,10,17H2,1-4H3. The summed E-state index contributed by atoms with van der Waals surface area (Å²) in [6, 6.07) is 6.25. The second-order valence-corrected chi connectivity index (χ2v) is 5.41. The second-order valence-electron chi connectivity index (χ2n) is 5.41. The van der Waals surface area contributed by atoms with Gasteiger partial charge in [-0.1, -0.05) is 11.3 Å². The average molecular weight is 304 g/mol. The minimum Gasteiger partial charge on any atom is -0.493 e. The number of methoxy groups -OCH3 is 2. The number of ether oxygens (including phenoxy) is 2. The van der Waals surface area contributed by atoms with E-state index < -0.39 is 0 Å². The number of nitrogens with zero attached hydrogens (tertiary/aromatic N) is 3. The number of rotatable bonds is 7. The number of hydrogen-bond donors (Lipinski definition) is 1. The summed E-state index contributed by atoms with van der Waals surface area (Å²) >= 11 is 0. The molecule has 0 bridgehead atoms. The number of benzene rings is 1. The van der Waals surface area contributed by atoms with Crippen LogP contribution in [0, 0.1) is 0 Å². The van der Waals surface area contributed by atoms with Gasteiger partial charge in [-0.25, -0.2) is 4.68 Å². The molecule has 0 unspecified atom stereocenters. The van der Waals surface area contributed by atoms with Gasteiger partial charge in [0, 0.05) is 12.6 Å². The minimum atomic E-state index is 0.271. The van der Waals surface area contributed by atoms with E-state index in [1.807, 2.05) is 22.9 Å². The molecule has 6 nitrogen and oxygen atoms in total. The van der Waals surface area contributed by atoms with Gasteiger partial charge in [-0.2, -0.15) is 0 Å². The molecule has 2 N–H and O–H groups in total. The van der Waals surface area contributed by atoms with Crippen LogP contribution in [0.5, 0.6) is 11.5 Å². The van der Waals surface area contributed by atoms with Crippen molar-refractivity contribution in [2.45, 2.75) is 39.3 Å². The Morgan fingerprint density at radius 2 is 1.86 bits per heavy atom. The van der Waals surface area contributed by atoms with E-state index in [-0.39, 0.29) is 6.04 Å². The third-order valence-electron chi connectivity index (χ3n) is 3.65. The van der Waals surface area contributed by atoms with Gasteiger partial charge in [-0.15, -0.1) is 5.10 Å². The summed E-state index contributed by atoms with van der Waals surface area (Å²) in [6.07, 6.45) is 1.71. The van der Waals surface area contributed by atoms with Crippen molar-refractivity contribution in [3.63, 3.8) is 0 Å². The summed E-state index contributed by atoms with van der Waals surface area (Å²) in [5.41, 5.74) is 8.92. The largest absolute Gasteiger partial charge is 0.493 e. The number of hydrogen-bond acceptors (Lipinski definition) is 5.